The minimum absolute atomic E-state index is 0.00934. The van der Waals surface area contributed by atoms with E-state index in [0.717, 1.165) is 31.6 Å². The number of esters is 1. The molecule has 28 heavy (non-hydrogen) atoms. The maximum Gasteiger partial charge on any atom is 0.332 e. The number of pyridine rings is 1. The summed E-state index contributed by atoms with van der Waals surface area (Å²) in [6.07, 6.45) is 10.3. The number of ether oxygens (including phenoxy) is 2. The van der Waals surface area contributed by atoms with E-state index in [4.69, 9.17) is 9.47 Å². The Labute approximate surface area is 163 Å². The average molecular weight is 384 g/mol. The molecule has 1 unspecified atom stereocenters. The Bertz CT molecular complexity index is 829. The van der Waals surface area contributed by atoms with E-state index in [1.807, 2.05) is 15.9 Å². The van der Waals surface area contributed by atoms with E-state index in [-0.39, 0.29) is 11.9 Å². The lowest BCUT2D eigenvalue weighted by atomic mass is 10.1. The Morgan fingerprint density at radius 3 is 2.79 bits per heavy atom. The molecule has 0 saturated carbocycles. The smallest absolute Gasteiger partial charge is 0.332 e. The van der Waals surface area contributed by atoms with Crippen molar-refractivity contribution in [2.45, 2.75) is 25.3 Å². The fraction of sp³-hybridized carbons (Fsp3) is 0.450. The van der Waals surface area contributed by atoms with Crippen molar-refractivity contribution in [2.75, 3.05) is 38.3 Å². The number of hydrogen-bond acceptors (Lipinski definition) is 7. The molecule has 1 aromatic heterocycles. The number of anilines is 1. The van der Waals surface area contributed by atoms with Gasteiger partial charge in [-0.15, -0.1) is 0 Å². The molecule has 0 aromatic carbocycles. The van der Waals surface area contributed by atoms with E-state index in [9.17, 15) is 9.59 Å². The van der Waals surface area contributed by atoms with Crippen molar-refractivity contribution in [1.82, 2.24) is 15.2 Å². The predicted octanol–water partition coefficient (Wildman–Crippen LogP) is 1.45. The number of aromatic nitrogens is 1. The zero-order valence-electron chi connectivity index (χ0n) is 15.9. The van der Waals surface area contributed by atoms with E-state index < -0.39 is 6.04 Å². The first-order valence-corrected chi connectivity index (χ1v) is 9.59. The Morgan fingerprint density at radius 2 is 2.07 bits per heavy atom. The maximum absolute atomic E-state index is 12.7. The van der Waals surface area contributed by atoms with Gasteiger partial charge in [-0.05, 0) is 37.5 Å². The molecule has 1 aromatic rings. The number of nitrogens with one attached hydrogen (secondary N) is 1. The van der Waals surface area contributed by atoms with E-state index in [2.05, 4.69) is 10.3 Å². The van der Waals surface area contributed by atoms with Crippen LogP contribution in [-0.2, 0) is 9.53 Å². The number of rotatable bonds is 3. The van der Waals surface area contributed by atoms with E-state index in [1.54, 1.807) is 24.5 Å². The maximum atomic E-state index is 12.7. The van der Waals surface area contributed by atoms with Crippen molar-refractivity contribution >= 4 is 17.7 Å². The summed E-state index contributed by atoms with van der Waals surface area (Å²) >= 11 is 0. The van der Waals surface area contributed by atoms with E-state index >= 15 is 0 Å². The van der Waals surface area contributed by atoms with Crippen LogP contribution in [0.1, 0.15) is 29.6 Å². The number of likely N-dealkylation sites (tertiary alicyclic amines) is 1. The number of allylic oxidation sites excluding steroid dienone is 1. The molecule has 1 N–H and O–H groups in total. The summed E-state index contributed by atoms with van der Waals surface area (Å²) in [5.74, 6) is 0.928. The van der Waals surface area contributed by atoms with Gasteiger partial charge in [-0.25, -0.2) is 9.78 Å². The summed E-state index contributed by atoms with van der Waals surface area (Å²) < 4.78 is 10.5. The second kappa shape index (κ2) is 7.92. The van der Waals surface area contributed by atoms with Gasteiger partial charge in [0.25, 0.3) is 5.91 Å². The average Bonchev–Trinajstić information content (AvgIpc) is 2.78. The largest absolute Gasteiger partial charge is 0.488 e. The molecule has 8 nitrogen and oxygen atoms in total. The number of dihydropyridines is 1. The Balaban J connectivity index is 1.52. The third-order valence-electron chi connectivity index (χ3n) is 5.19. The topological polar surface area (TPSA) is 84.0 Å². The summed E-state index contributed by atoms with van der Waals surface area (Å²) in [5.41, 5.74) is 1.42. The van der Waals surface area contributed by atoms with Crippen LogP contribution >= 0.6 is 0 Å². The molecule has 8 heteroatoms. The van der Waals surface area contributed by atoms with Crippen molar-refractivity contribution in [2.24, 2.45) is 0 Å². The van der Waals surface area contributed by atoms with Crippen molar-refractivity contribution in [3.63, 3.8) is 0 Å². The molecule has 3 aliphatic heterocycles. The minimum Gasteiger partial charge on any atom is -0.488 e. The molecule has 4 heterocycles. The van der Waals surface area contributed by atoms with Crippen LogP contribution in [0.3, 0.4) is 0 Å². The zero-order chi connectivity index (χ0) is 19.5. The first-order chi connectivity index (χ1) is 13.7. The number of hydrogen-bond donors (Lipinski definition) is 1. The molecule has 0 aliphatic carbocycles. The van der Waals surface area contributed by atoms with E-state index in [0.29, 0.717) is 30.3 Å². The molecule has 0 spiro atoms. The van der Waals surface area contributed by atoms with Crippen molar-refractivity contribution in [3.8, 4) is 5.75 Å². The summed E-state index contributed by atoms with van der Waals surface area (Å²) in [6, 6.07) is 1.29. The Kier molecular flexibility index (Phi) is 5.18. The first kappa shape index (κ1) is 18.3. The van der Waals surface area contributed by atoms with Gasteiger partial charge in [0.1, 0.15) is 12.6 Å². The summed E-state index contributed by atoms with van der Waals surface area (Å²) in [5, 5.41) is 3.03. The van der Waals surface area contributed by atoms with Crippen LogP contribution in [0.25, 0.3) is 0 Å². The number of piperidine rings is 1. The van der Waals surface area contributed by atoms with Gasteiger partial charge in [0, 0.05) is 25.5 Å². The fourth-order valence-corrected chi connectivity index (χ4v) is 3.66. The molecule has 3 aliphatic rings. The van der Waals surface area contributed by atoms with Crippen LogP contribution in [0.2, 0.25) is 0 Å². The predicted molar refractivity (Wildman–Crippen MR) is 103 cm³/mol. The molecule has 1 amide bonds. The standard InChI is InChI=1S/C20H24N4O4/c1-27-20(26)16-6-5-15(13-21-16)24-9-10-28-17-11-14(12-22-18(17)24)19(25)23-7-3-2-4-8-23/h5-6,11-13,16,21H,2-4,7-10H2,1H3. The number of fused-ring (bicyclic) bond motifs is 1. The number of amides is 1. The van der Waals surface area contributed by atoms with Gasteiger partial charge in [-0.3, -0.25) is 4.79 Å². The summed E-state index contributed by atoms with van der Waals surface area (Å²) in [7, 11) is 1.36. The normalized spacial score (nSPS) is 21.2. The number of carbonyl (C=O) groups is 2. The summed E-state index contributed by atoms with van der Waals surface area (Å²) in [4.78, 5) is 32.8. The van der Waals surface area contributed by atoms with Crippen molar-refractivity contribution < 1.29 is 19.1 Å². The third kappa shape index (κ3) is 3.54. The fourth-order valence-electron chi connectivity index (χ4n) is 3.66. The van der Waals surface area contributed by atoms with Gasteiger partial charge < -0.3 is 24.6 Å². The molecule has 0 bridgehead atoms. The molecule has 0 radical (unpaired) electrons. The van der Waals surface area contributed by atoms with Crippen LogP contribution in [0.5, 0.6) is 5.75 Å². The molecule has 1 saturated heterocycles. The summed E-state index contributed by atoms with van der Waals surface area (Å²) in [6.45, 7) is 2.71. The molecule has 148 valence electrons. The monoisotopic (exact) mass is 384 g/mol. The second-order valence-corrected chi connectivity index (χ2v) is 6.99. The van der Waals surface area contributed by atoms with Gasteiger partial charge in [0.05, 0.1) is 24.9 Å². The number of methoxy groups -OCH3 is 1. The highest BCUT2D eigenvalue weighted by Crippen LogP contribution is 2.33. The lowest BCUT2D eigenvalue weighted by Gasteiger charge is -2.33. The van der Waals surface area contributed by atoms with Gasteiger partial charge >= 0.3 is 5.97 Å². The van der Waals surface area contributed by atoms with Crippen LogP contribution < -0.4 is 15.0 Å². The molecule has 4 rings (SSSR count). The van der Waals surface area contributed by atoms with Crippen LogP contribution in [0.15, 0.2) is 36.3 Å². The van der Waals surface area contributed by atoms with Gasteiger partial charge in [-0.1, -0.05) is 0 Å². The van der Waals surface area contributed by atoms with Gasteiger partial charge in [0.2, 0.25) is 0 Å². The van der Waals surface area contributed by atoms with Gasteiger partial charge in [-0.2, -0.15) is 0 Å². The van der Waals surface area contributed by atoms with Crippen molar-refractivity contribution in [1.29, 1.82) is 0 Å². The molecule has 1 fully saturated rings. The highest BCUT2D eigenvalue weighted by molar-refractivity contribution is 5.95. The quantitative estimate of drug-likeness (QED) is 0.790. The molecular weight excluding hydrogens is 360 g/mol. The third-order valence-corrected chi connectivity index (χ3v) is 5.19. The molecule has 1 atom stereocenters. The van der Waals surface area contributed by atoms with Gasteiger partial charge in [0.15, 0.2) is 11.6 Å². The Hall–Kier alpha value is -3.03. The SMILES string of the molecule is COC(=O)C1C=CC(N2CCOc3cc(C(=O)N4CCCCC4)cnc32)=CN1. The lowest BCUT2D eigenvalue weighted by Crippen LogP contribution is -2.39. The minimum atomic E-state index is -0.494. The lowest BCUT2D eigenvalue weighted by molar-refractivity contribution is -0.141. The first-order valence-electron chi connectivity index (χ1n) is 9.59. The van der Waals surface area contributed by atoms with Crippen molar-refractivity contribution in [3.05, 3.63) is 41.9 Å². The van der Waals surface area contributed by atoms with Crippen LogP contribution in [0, 0.1) is 0 Å². The van der Waals surface area contributed by atoms with E-state index in [1.165, 1.54) is 13.5 Å². The number of carbonyl (C=O) groups excluding carboxylic acids is 2. The van der Waals surface area contributed by atoms with Crippen LogP contribution in [-0.4, -0.2) is 61.2 Å². The highest BCUT2D eigenvalue weighted by atomic mass is 16.5. The second-order valence-electron chi connectivity index (χ2n) is 6.99. The Morgan fingerprint density at radius 1 is 1.25 bits per heavy atom. The number of nitrogens with zero attached hydrogens (tertiary/aromatic N) is 3. The molecular formula is C20H24N4O4. The van der Waals surface area contributed by atoms with Crippen LogP contribution in [0.4, 0.5) is 5.82 Å². The highest BCUT2D eigenvalue weighted by Gasteiger charge is 2.27. The zero-order valence-corrected chi connectivity index (χ0v) is 15.9.